The van der Waals surface area contributed by atoms with E-state index in [1.54, 1.807) is 7.05 Å². The molecule has 0 radical (unpaired) electrons. The maximum Gasteiger partial charge on any atom is 0.138 e. The second-order valence-corrected chi connectivity index (χ2v) is 3.16. The summed E-state index contributed by atoms with van der Waals surface area (Å²) in [6.07, 6.45) is 1.85. The van der Waals surface area contributed by atoms with Gasteiger partial charge in [0.05, 0.1) is 0 Å². The van der Waals surface area contributed by atoms with Gasteiger partial charge in [0, 0.05) is 24.5 Å². The molecular formula is C12H21N3. The fourth-order valence-electron chi connectivity index (χ4n) is 1.39. The largest absolute Gasteiger partial charge is 0.346 e. The Labute approximate surface area is 92.4 Å². The smallest absolute Gasteiger partial charge is 0.138 e. The van der Waals surface area contributed by atoms with Crippen molar-refractivity contribution in [3.8, 4) is 0 Å². The molecule has 0 aliphatic rings. The standard InChI is InChI=1S/C10H15N3.C2H6/c1-7(2)9(11-3)8-5-6-13-10(8)12-4;1-2/h5-7,13H,4H2,1-3H3;1-2H3. The topological polar surface area (TPSA) is 40.5 Å². The van der Waals surface area contributed by atoms with Crippen LogP contribution in [0.2, 0.25) is 0 Å². The summed E-state index contributed by atoms with van der Waals surface area (Å²) >= 11 is 0. The number of nitrogens with zero attached hydrogens (tertiary/aromatic N) is 2. The van der Waals surface area contributed by atoms with E-state index in [2.05, 4.69) is 35.5 Å². The molecule has 0 fully saturated rings. The first-order valence-electron chi connectivity index (χ1n) is 5.31. The van der Waals surface area contributed by atoms with Crippen molar-refractivity contribution in [2.24, 2.45) is 15.9 Å². The van der Waals surface area contributed by atoms with Gasteiger partial charge in [-0.3, -0.25) is 4.99 Å². The van der Waals surface area contributed by atoms with Gasteiger partial charge >= 0.3 is 0 Å². The van der Waals surface area contributed by atoms with Gasteiger partial charge in [-0.2, -0.15) is 0 Å². The minimum atomic E-state index is 0.404. The number of rotatable bonds is 3. The van der Waals surface area contributed by atoms with Gasteiger partial charge < -0.3 is 4.98 Å². The van der Waals surface area contributed by atoms with Crippen LogP contribution in [0.5, 0.6) is 0 Å². The highest BCUT2D eigenvalue weighted by molar-refractivity contribution is 6.05. The lowest BCUT2D eigenvalue weighted by atomic mass is 10.0. The lowest BCUT2D eigenvalue weighted by Crippen LogP contribution is -2.08. The maximum atomic E-state index is 4.25. The third-order valence-corrected chi connectivity index (χ3v) is 1.95. The molecule has 0 amide bonds. The lowest BCUT2D eigenvalue weighted by Gasteiger charge is -2.07. The minimum absolute atomic E-state index is 0.404. The number of nitrogens with one attached hydrogen (secondary N) is 1. The zero-order valence-corrected chi connectivity index (χ0v) is 10.3. The van der Waals surface area contributed by atoms with Gasteiger partial charge in [-0.05, 0) is 18.7 Å². The molecule has 84 valence electrons. The average molecular weight is 207 g/mol. The minimum Gasteiger partial charge on any atom is -0.346 e. The van der Waals surface area contributed by atoms with Crippen LogP contribution in [0.1, 0.15) is 33.3 Å². The van der Waals surface area contributed by atoms with Crippen LogP contribution in [-0.2, 0) is 0 Å². The van der Waals surface area contributed by atoms with Crippen molar-refractivity contribution in [3.63, 3.8) is 0 Å². The molecule has 0 bridgehead atoms. The van der Waals surface area contributed by atoms with Crippen molar-refractivity contribution in [1.29, 1.82) is 0 Å². The highest BCUT2D eigenvalue weighted by Gasteiger charge is 2.11. The normalized spacial score (nSPS) is 10.9. The second kappa shape index (κ2) is 6.98. The predicted molar refractivity (Wildman–Crippen MR) is 68.6 cm³/mol. The average Bonchev–Trinajstić information content (AvgIpc) is 2.69. The molecule has 3 nitrogen and oxygen atoms in total. The number of aromatic amines is 1. The lowest BCUT2D eigenvalue weighted by molar-refractivity contribution is 0.882. The van der Waals surface area contributed by atoms with Crippen molar-refractivity contribution in [2.75, 3.05) is 7.05 Å². The Kier molecular flexibility index (Phi) is 6.34. The Bertz CT molecular complexity index is 321. The van der Waals surface area contributed by atoms with Crippen LogP contribution in [0.15, 0.2) is 22.2 Å². The summed E-state index contributed by atoms with van der Waals surface area (Å²) < 4.78 is 0. The number of H-pyrrole nitrogens is 1. The monoisotopic (exact) mass is 207 g/mol. The van der Waals surface area contributed by atoms with Gasteiger partial charge in [-0.15, -0.1) is 0 Å². The third kappa shape index (κ3) is 3.35. The van der Waals surface area contributed by atoms with E-state index in [-0.39, 0.29) is 0 Å². The van der Waals surface area contributed by atoms with E-state index in [9.17, 15) is 0 Å². The number of aromatic nitrogens is 1. The molecule has 15 heavy (non-hydrogen) atoms. The van der Waals surface area contributed by atoms with Gasteiger partial charge in [-0.25, -0.2) is 4.99 Å². The number of aliphatic imine (C=N–C) groups is 2. The summed E-state index contributed by atoms with van der Waals surface area (Å²) in [5.74, 6) is 1.20. The summed E-state index contributed by atoms with van der Waals surface area (Å²) in [4.78, 5) is 11.2. The first-order chi connectivity index (χ1) is 7.20. The molecule has 1 aromatic heterocycles. The van der Waals surface area contributed by atoms with E-state index in [0.29, 0.717) is 5.92 Å². The summed E-state index contributed by atoms with van der Waals surface area (Å²) in [6, 6.07) is 1.98. The van der Waals surface area contributed by atoms with Crippen LogP contribution in [0.4, 0.5) is 5.82 Å². The van der Waals surface area contributed by atoms with Crippen molar-refractivity contribution in [2.45, 2.75) is 27.7 Å². The number of hydrogen-bond donors (Lipinski definition) is 1. The van der Waals surface area contributed by atoms with Crippen LogP contribution >= 0.6 is 0 Å². The Balaban J connectivity index is 0.000000921. The summed E-state index contributed by atoms with van der Waals surface area (Å²) in [7, 11) is 1.80. The van der Waals surface area contributed by atoms with Crippen molar-refractivity contribution < 1.29 is 0 Å². The first-order valence-corrected chi connectivity index (χ1v) is 5.31. The Hall–Kier alpha value is -1.38. The molecule has 1 aromatic rings. The van der Waals surface area contributed by atoms with E-state index in [0.717, 1.165) is 17.1 Å². The van der Waals surface area contributed by atoms with Crippen molar-refractivity contribution >= 4 is 18.2 Å². The molecule has 0 atom stereocenters. The van der Waals surface area contributed by atoms with Crippen LogP contribution in [0.25, 0.3) is 0 Å². The maximum absolute atomic E-state index is 4.25. The quantitative estimate of drug-likeness (QED) is 0.738. The van der Waals surface area contributed by atoms with Gasteiger partial charge in [0.15, 0.2) is 0 Å². The molecule has 1 rings (SSSR count). The zero-order chi connectivity index (χ0) is 11.8. The molecule has 0 aliphatic carbocycles. The van der Waals surface area contributed by atoms with Crippen LogP contribution < -0.4 is 0 Å². The second-order valence-electron chi connectivity index (χ2n) is 3.16. The van der Waals surface area contributed by atoms with E-state index in [1.165, 1.54) is 0 Å². The fourth-order valence-corrected chi connectivity index (χ4v) is 1.39. The third-order valence-electron chi connectivity index (χ3n) is 1.95. The van der Waals surface area contributed by atoms with Crippen molar-refractivity contribution in [3.05, 3.63) is 17.8 Å². The molecule has 1 N–H and O–H groups in total. The fraction of sp³-hybridized carbons (Fsp3) is 0.500. The Morgan fingerprint density at radius 1 is 1.40 bits per heavy atom. The molecule has 3 heteroatoms. The molecular weight excluding hydrogens is 186 g/mol. The SMILES string of the molecule is C=Nc1[nH]ccc1C(=NC)C(C)C.CC. The van der Waals surface area contributed by atoms with Gasteiger partial charge in [0.25, 0.3) is 0 Å². The van der Waals surface area contributed by atoms with Crippen molar-refractivity contribution in [1.82, 2.24) is 4.98 Å². The van der Waals surface area contributed by atoms with Crippen LogP contribution in [0.3, 0.4) is 0 Å². The molecule has 1 heterocycles. The Morgan fingerprint density at radius 2 is 2.00 bits per heavy atom. The van der Waals surface area contributed by atoms with Gasteiger partial charge in [0.2, 0.25) is 0 Å². The van der Waals surface area contributed by atoms with E-state index in [4.69, 9.17) is 0 Å². The first kappa shape index (κ1) is 13.6. The molecule has 0 unspecified atom stereocenters. The highest BCUT2D eigenvalue weighted by atomic mass is 14.9. The van der Waals surface area contributed by atoms with Gasteiger partial charge in [0.1, 0.15) is 5.82 Å². The van der Waals surface area contributed by atoms with E-state index < -0.39 is 0 Å². The molecule has 0 aliphatic heterocycles. The zero-order valence-electron chi connectivity index (χ0n) is 10.3. The predicted octanol–water partition coefficient (Wildman–Crippen LogP) is 3.45. The van der Waals surface area contributed by atoms with E-state index >= 15 is 0 Å². The summed E-state index contributed by atoms with van der Waals surface area (Å²) in [6.45, 7) is 11.7. The molecule has 0 spiro atoms. The Morgan fingerprint density at radius 3 is 2.40 bits per heavy atom. The summed E-state index contributed by atoms with van der Waals surface area (Å²) in [5, 5.41) is 0. The van der Waals surface area contributed by atoms with Crippen LogP contribution in [0, 0.1) is 5.92 Å². The number of hydrogen-bond acceptors (Lipinski definition) is 2. The van der Waals surface area contributed by atoms with E-state index in [1.807, 2.05) is 26.1 Å². The molecule has 0 saturated carbocycles. The molecule has 0 aromatic carbocycles. The van der Waals surface area contributed by atoms with Gasteiger partial charge in [-0.1, -0.05) is 27.7 Å². The summed E-state index contributed by atoms with van der Waals surface area (Å²) in [5.41, 5.74) is 2.11. The highest BCUT2D eigenvalue weighted by Crippen LogP contribution is 2.20. The van der Waals surface area contributed by atoms with Crippen LogP contribution in [-0.4, -0.2) is 24.5 Å². The molecule has 0 saturated heterocycles.